The Labute approximate surface area is 165 Å². The lowest BCUT2D eigenvalue weighted by atomic mass is 10.1. The summed E-state index contributed by atoms with van der Waals surface area (Å²) in [6.07, 6.45) is 0. The molecule has 1 N–H and O–H groups in total. The van der Waals surface area contributed by atoms with Crippen LogP contribution in [0.2, 0.25) is 5.02 Å². The molecule has 0 fully saturated rings. The van der Waals surface area contributed by atoms with Crippen molar-refractivity contribution in [1.82, 2.24) is 0 Å². The van der Waals surface area contributed by atoms with E-state index in [1.807, 2.05) is 45.0 Å². The molecule has 0 spiro atoms. The van der Waals surface area contributed by atoms with E-state index in [2.05, 4.69) is 10.3 Å². The summed E-state index contributed by atoms with van der Waals surface area (Å²) in [7, 11) is -3.97. The minimum Gasteiger partial charge on any atom is -0.342 e. The zero-order valence-corrected chi connectivity index (χ0v) is 17.0. The standard InChI is InChI=1S/C20H22ClN3O2S/c1-14(2)15(3)23-20(24-17-7-5-4-6-8-17)19(13-22)27(25,26)18-11-9-16(21)10-12-18/h4-12,14-15,19H,1-3H3,(H,23,24). The molecule has 2 aromatic rings. The second-order valence-corrected chi connectivity index (χ2v) is 8.97. The fourth-order valence-corrected chi connectivity index (χ4v) is 3.71. The van der Waals surface area contributed by atoms with Crippen LogP contribution >= 0.6 is 11.6 Å². The number of benzene rings is 2. The van der Waals surface area contributed by atoms with Crippen molar-refractivity contribution >= 4 is 33.0 Å². The maximum Gasteiger partial charge on any atom is 0.209 e. The summed E-state index contributed by atoms with van der Waals surface area (Å²) < 4.78 is 26.1. The number of anilines is 1. The normalized spacial score (nSPS) is 14.4. The number of para-hydroxylation sites is 1. The molecule has 2 unspecified atom stereocenters. The van der Waals surface area contributed by atoms with Gasteiger partial charge in [-0.3, -0.25) is 4.99 Å². The summed E-state index contributed by atoms with van der Waals surface area (Å²) in [5, 5.41) is 11.7. The van der Waals surface area contributed by atoms with Crippen molar-refractivity contribution in [3.05, 3.63) is 59.6 Å². The first-order valence-corrected chi connectivity index (χ1v) is 10.5. The summed E-state index contributed by atoms with van der Waals surface area (Å²) >= 11 is 5.85. The lowest BCUT2D eigenvalue weighted by molar-refractivity contribution is 0.530. The molecule has 0 saturated heterocycles. The molecule has 0 heterocycles. The van der Waals surface area contributed by atoms with E-state index in [0.29, 0.717) is 10.7 Å². The molecular weight excluding hydrogens is 382 g/mol. The molecule has 7 heteroatoms. The molecule has 0 bridgehead atoms. The number of nitrogens with zero attached hydrogens (tertiary/aromatic N) is 2. The van der Waals surface area contributed by atoms with Crippen LogP contribution in [0.5, 0.6) is 0 Å². The van der Waals surface area contributed by atoms with Crippen LogP contribution in [0.4, 0.5) is 5.69 Å². The summed E-state index contributed by atoms with van der Waals surface area (Å²) in [4.78, 5) is 4.56. The Balaban J connectivity index is 2.50. The number of rotatable bonds is 6. The van der Waals surface area contributed by atoms with Gasteiger partial charge < -0.3 is 5.32 Å². The van der Waals surface area contributed by atoms with E-state index >= 15 is 0 Å². The van der Waals surface area contributed by atoms with Crippen LogP contribution in [0.15, 0.2) is 64.5 Å². The van der Waals surface area contributed by atoms with E-state index in [0.717, 1.165) is 0 Å². The molecule has 2 rings (SSSR count). The number of aliphatic imine (C=N–C) groups is 1. The van der Waals surface area contributed by atoms with Gasteiger partial charge in [-0.2, -0.15) is 5.26 Å². The number of amidine groups is 1. The Hall–Kier alpha value is -2.36. The molecule has 27 heavy (non-hydrogen) atoms. The monoisotopic (exact) mass is 403 g/mol. The maximum absolute atomic E-state index is 13.1. The van der Waals surface area contributed by atoms with E-state index in [4.69, 9.17) is 11.6 Å². The van der Waals surface area contributed by atoms with Crippen LogP contribution in [0.3, 0.4) is 0 Å². The van der Waals surface area contributed by atoms with E-state index in [-0.39, 0.29) is 22.7 Å². The van der Waals surface area contributed by atoms with Crippen molar-refractivity contribution in [2.75, 3.05) is 5.32 Å². The van der Waals surface area contributed by atoms with Gasteiger partial charge in [0.25, 0.3) is 0 Å². The molecule has 0 aliphatic heterocycles. The third-order valence-electron chi connectivity index (χ3n) is 4.17. The first-order valence-electron chi connectivity index (χ1n) is 8.54. The second-order valence-electron chi connectivity index (χ2n) is 6.50. The average molecular weight is 404 g/mol. The van der Waals surface area contributed by atoms with Crippen molar-refractivity contribution in [1.29, 1.82) is 5.26 Å². The van der Waals surface area contributed by atoms with Gasteiger partial charge in [-0.1, -0.05) is 43.6 Å². The highest BCUT2D eigenvalue weighted by atomic mass is 35.5. The number of halogens is 1. The SMILES string of the molecule is CC(C)C(C)N=C(Nc1ccccc1)C(C#N)S(=O)(=O)c1ccc(Cl)cc1. The Bertz CT molecular complexity index is 933. The van der Waals surface area contributed by atoms with Crippen LogP contribution < -0.4 is 5.32 Å². The van der Waals surface area contributed by atoms with Gasteiger partial charge in [0.15, 0.2) is 0 Å². The van der Waals surface area contributed by atoms with Crippen LogP contribution in [0.25, 0.3) is 0 Å². The average Bonchev–Trinajstić information content (AvgIpc) is 2.63. The third kappa shape index (κ3) is 5.31. The summed E-state index contributed by atoms with van der Waals surface area (Å²) in [5.74, 6) is 0.301. The highest BCUT2D eigenvalue weighted by Gasteiger charge is 2.33. The first-order chi connectivity index (χ1) is 12.8. The zero-order valence-electron chi connectivity index (χ0n) is 15.4. The molecule has 0 saturated carbocycles. The largest absolute Gasteiger partial charge is 0.342 e. The van der Waals surface area contributed by atoms with Crippen molar-refractivity contribution in [2.24, 2.45) is 10.9 Å². The fourth-order valence-electron chi connectivity index (χ4n) is 2.24. The number of hydrogen-bond donors (Lipinski definition) is 1. The molecule has 2 atom stereocenters. The van der Waals surface area contributed by atoms with E-state index in [1.165, 1.54) is 24.3 Å². The topological polar surface area (TPSA) is 82.3 Å². The minimum absolute atomic E-state index is 0.0261. The molecule has 0 radical (unpaired) electrons. The van der Waals surface area contributed by atoms with Crippen LogP contribution in [-0.2, 0) is 9.84 Å². The van der Waals surface area contributed by atoms with Crippen molar-refractivity contribution in [2.45, 2.75) is 37.0 Å². The van der Waals surface area contributed by atoms with Crippen LogP contribution in [-0.4, -0.2) is 25.5 Å². The predicted molar refractivity (Wildman–Crippen MR) is 110 cm³/mol. The van der Waals surface area contributed by atoms with Crippen LogP contribution in [0, 0.1) is 17.2 Å². The lowest BCUT2D eigenvalue weighted by Gasteiger charge is -2.19. The maximum atomic E-state index is 13.1. The Morgan fingerprint density at radius 2 is 1.67 bits per heavy atom. The van der Waals surface area contributed by atoms with Crippen LogP contribution in [0.1, 0.15) is 20.8 Å². The smallest absolute Gasteiger partial charge is 0.209 e. The van der Waals surface area contributed by atoms with Gasteiger partial charge in [0.05, 0.1) is 17.0 Å². The molecule has 0 aliphatic rings. The zero-order chi connectivity index (χ0) is 20.0. The number of nitrogens with one attached hydrogen (secondary N) is 1. The van der Waals surface area contributed by atoms with Crippen molar-refractivity contribution < 1.29 is 8.42 Å². The van der Waals surface area contributed by atoms with Crippen molar-refractivity contribution in [3.63, 3.8) is 0 Å². The third-order valence-corrected chi connectivity index (χ3v) is 6.30. The predicted octanol–water partition coefficient (Wildman–Crippen LogP) is 4.56. The van der Waals surface area contributed by atoms with Gasteiger partial charge in [0, 0.05) is 10.7 Å². The lowest BCUT2D eigenvalue weighted by Crippen LogP contribution is -2.35. The minimum atomic E-state index is -3.97. The molecular formula is C20H22ClN3O2S. The van der Waals surface area contributed by atoms with Gasteiger partial charge in [-0.25, -0.2) is 8.42 Å². The molecule has 2 aromatic carbocycles. The van der Waals surface area contributed by atoms with Gasteiger partial charge in [0.1, 0.15) is 5.84 Å². The molecule has 0 aromatic heterocycles. The highest BCUT2D eigenvalue weighted by molar-refractivity contribution is 7.93. The Morgan fingerprint density at radius 1 is 1.07 bits per heavy atom. The molecule has 0 aliphatic carbocycles. The summed E-state index contributed by atoms with van der Waals surface area (Å²) in [6, 6.07) is 16.6. The molecule has 142 valence electrons. The summed E-state index contributed by atoms with van der Waals surface area (Å²) in [6.45, 7) is 5.87. The summed E-state index contributed by atoms with van der Waals surface area (Å²) in [5.41, 5.74) is 0.666. The van der Waals surface area contributed by atoms with Gasteiger partial charge in [0.2, 0.25) is 15.1 Å². The van der Waals surface area contributed by atoms with Gasteiger partial charge in [-0.15, -0.1) is 0 Å². The van der Waals surface area contributed by atoms with Gasteiger partial charge >= 0.3 is 0 Å². The Kier molecular flexibility index (Phi) is 7.00. The number of sulfone groups is 1. The van der Waals surface area contributed by atoms with E-state index in [1.54, 1.807) is 12.1 Å². The van der Waals surface area contributed by atoms with Crippen molar-refractivity contribution in [3.8, 4) is 6.07 Å². The number of nitriles is 1. The van der Waals surface area contributed by atoms with Gasteiger partial charge in [-0.05, 0) is 49.2 Å². The quantitative estimate of drug-likeness (QED) is 0.566. The highest BCUT2D eigenvalue weighted by Crippen LogP contribution is 2.21. The Morgan fingerprint density at radius 3 is 2.19 bits per heavy atom. The molecule has 0 amide bonds. The second kappa shape index (κ2) is 9.03. The van der Waals surface area contributed by atoms with E-state index in [9.17, 15) is 13.7 Å². The van der Waals surface area contributed by atoms with E-state index < -0.39 is 15.1 Å². The first kappa shape index (κ1) is 20.9. The fraction of sp³-hybridized carbons (Fsp3) is 0.300. The number of hydrogen-bond acceptors (Lipinski definition) is 4. The molecule has 5 nitrogen and oxygen atoms in total.